The fourth-order valence-electron chi connectivity index (χ4n) is 2.08. The topological polar surface area (TPSA) is 17.8 Å². The summed E-state index contributed by atoms with van der Waals surface area (Å²) in [4.78, 5) is 0. The van der Waals surface area contributed by atoms with Gasteiger partial charge in [-0.1, -0.05) is 60.1 Å². The number of hydrogen-bond donors (Lipinski definition) is 0. The SMILES string of the molecule is Clc1ccc(Cn2ccc(C=Cc3ccccc3)n2)cc1. The summed E-state index contributed by atoms with van der Waals surface area (Å²) in [6.45, 7) is 0.746. The van der Waals surface area contributed by atoms with E-state index in [1.807, 2.05) is 65.5 Å². The molecular weight excluding hydrogens is 280 g/mol. The summed E-state index contributed by atoms with van der Waals surface area (Å²) < 4.78 is 1.92. The van der Waals surface area contributed by atoms with E-state index < -0.39 is 0 Å². The Labute approximate surface area is 129 Å². The van der Waals surface area contributed by atoms with Crippen LogP contribution in [-0.2, 0) is 6.54 Å². The molecule has 0 unspecified atom stereocenters. The van der Waals surface area contributed by atoms with E-state index >= 15 is 0 Å². The molecule has 3 rings (SSSR count). The predicted octanol–water partition coefficient (Wildman–Crippen LogP) is 4.76. The van der Waals surface area contributed by atoms with Crippen LogP contribution in [0.3, 0.4) is 0 Å². The van der Waals surface area contributed by atoms with Gasteiger partial charge >= 0.3 is 0 Å². The molecule has 0 amide bonds. The van der Waals surface area contributed by atoms with Crippen LogP contribution in [0.15, 0.2) is 66.9 Å². The third-order valence-electron chi connectivity index (χ3n) is 3.17. The molecule has 104 valence electrons. The van der Waals surface area contributed by atoms with Gasteiger partial charge in [0, 0.05) is 11.2 Å². The molecule has 0 aliphatic carbocycles. The molecule has 0 fully saturated rings. The molecule has 0 radical (unpaired) electrons. The van der Waals surface area contributed by atoms with Crippen LogP contribution in [0.5, 0.6) is 0 Å². The monoisotopic (exact) mass is 294 g/mol. The highest BCUT2D eigenvalue weighted by molar-refractivity contribution is 6.30. The van der Waals surface area contributed by atoms with Gasteiger partial charge in [0.2, 0.25) is 0 Å². The van der Waals surface area contributed by atoms with Crippen LogP contribution in [0.25, 0.3) is 12.2 Å². The van der Waals surface area contributed by atoms with Gasteiger partial charge in [-0.05, 0) is 35.4 Å². The van der Waals surface area contributed by atoms with Crippen molar-refractivity contribution >= 4 is 23.8 Å². The fraction of sp³-hybridized carbons (Fsp3) is 0.0556. The molecule has 3 heteroatoms. The minimum absolute atomic E-state index is 0.746. The van der Waals surface area contributed by atoms with Gasteiger partial charge in [0.25, 0.3) is 0 Å². The average Bonchev–Trinajstić information content (AvgIpc) is 2.96. The Balaban J connectivity index is 1.69. The van der Waals surface area contributed by atoms with Crippen LogP contribution in [0.1, 0.15) is 16.8 Å². The number of hydrogen-bond acceptors (Lipinski definition) is 1. The van der Waals surface area contributed by atoms with E-state index in [4.69, 9.17) is 11.6 Å². The second kappa shape index (κ2) is 6.42. The predicted molar refractivity (Wildman–Crippen MR) is 88.2 cm³/mol. The summed E-state index contributed by atoms with van der Waals surface area (Å²) in [5.41, 5.74) is 3.30. The van der Waals surface area contributed by atoms with E-state index in [1.54, 1.807) is 0 Å². The van der Waals surface area contributed by atoms with Gasteiger partial charge in [0.15, 0.2) is 0 Å². The van der Waals surface area contributed by atoms with E-state index in [0.29, 0.717) is 0 Å². The number of aromatic nitrogens is 2. The van der Waals surface area contributed by atoms with Gasteiger partial charge in [-0.2, -0.15) is 5.10 Å². The van der Waals surface area contributed by atoms with Crippen molar-refractivity contribution in [2.24, 2.45) is 0 Å². The fourth-order valence-corrected chi connectivity index (χ4v) is 2.20. The molecule has 21 heavy (non-hydrogen) atoms. The minimum atomic E-state index is 0.746. The van der Waals surface area contributed by atoms with Crippen LogP contribution < -0.4 is 0 Å². The molecule has 0 N–H and O–H groups in total. The minimum Gasteiger partial charge on any atom is -0.268 e. The lowest BCUT2D eigenvalue weighted by molar-refractivity contribution is 0.685. The number of rotatable bonds is 4. The average molecular weight is 295 g/mol. The summed E-state index contributed by atoms with van der Waals surface area (Å²) in [5.74, 6) is 0. The van der Waals surface area contributed by atoms with Gasteiger partial charge in [-0.15, -0.1) is 0 Å². The Bertz CT molecular complexity index is 727. The third-order valence-corrected chi connectivity index (χ3v) is 3.42. The lowest BCUT2D eigenvalue weighted by Gasteiger charge is -2.01. The van der Waals surface area contributed by atoms with Crippen molar-refractivity contribution < 1.29 is 0 Å². The number of benzene rings is 2. The molecule has 2 nitrogen and oxygen atoms in total. The highest BCUT2D eigenvalue weighted by atomic mass is 35.5. The smallest absolute Gasteiger partial charge is 0.0851 e. The van der Waals surface area contributed by atoms with Crippen molar-refractivity contribution in [2.75, 3.05) is 0 Å². The molecule has 1 heterocycles. The summed E-state index contributed by atoms with van der Waals surface area (Å²) in [6, 6.07) is 20.0. The highest BCUT2D eigenvalue weighted by Gasteiger charge is 1.98. The van der Waals surface area contributed by atoms with E-state index in [1.165, 1.54) is 11.1 Å². The van der Waals surface area contributed by atoms with Gasteiger partial charge in [0.05, 0.1) is 12.2 Å². The van der Waals surface area contributed by atoms with Crippen molar-refractivity contribution in [1.29, 1.82) is 0 Å². The standard InChI is InChI=1S/C18H15ClN2/c19-17-9-6-16(7-10-17)14-21-13-12-18(20-21)11-8-15-4-2-1-3-5-15/h1-13H,14H2. The molecule has 0 saturated heterocycles. The van der Waals surface area contributed by atoms with Crippen LogP contribution >= 0.6 is 11.6 Å². The third kappa shape index (κ3) is 3.83. The Kier molecular flexibility index (Phi) is 4.17. The normalized spacial score (nSPS) is 11.1. The maximum absolute atomic E-state index is 5.89. The molecule has 0 atom stereocenters. The number of halogens is 1. The Hall–Kier alpha value is -2.32. The Morgan fingerprint density at radius 3 is 2.43 bits per heavy atom. The van der Waals surface area contributed by atoms with Crippen LogP contribution in [0.4, 0.5) is 0 Å². The molecule has 0 saturated carbocycles. The van der Waals surface area contributed by atoms with Crippen molar-refractivity contribution in [1.82, 2.24) is 9.78 Å². The lowest BCUT2D eigenvalue weighted by Crippen LogP contribution is -2.00. The highest BCUT2D eigenvalue weighted by Crippen LogP contribution is 2.11. The Morgan fingerprint density at radius 1 is 0.905 bits per heavy atom. The maximum atomic E-state index is 5.89. The molecule has 0 aliphatic rings. The first-order valence-electron chi connectivity index (χ1n) is 6.81. The lowest BCUT2D eigenvalue weighted by atomic mass is 10.2. The summed E-state index contributed by atoms with van der Waals surface area (Å²) in [7, 11) is 0. The van der Waals surface area contributed by atoms with E-state index in [9.17, 15) is 0 Å². The number of nitrogens with zero attached hydrogens (tertiary/aromatic N) is 2. The second-order valence-corrected chi connectivity index (χ2v) is 5.25. The summed E-state index contributed by atoms with van der Waals surface area (Å²) in [5, 5.41) is 5.30. The molecule has 0 bridgehead atoms. The van der Waals surface area contributed by atoms with Gasteiger partial charge in [-0.25, -0.2) is 0 Å². The van der Waals surface area contributed by atoms with Crippen LogP contribution in [0, 0.1) is 0 Å². The quantitative estimate of drug-likeness (QED) is 0.678. The molecule has 2 aromatic carbocycles. The zero-order valence-electron chi connectivity index (χ0n) is 11.5. The van der Waals surface area contributed by atoms with E-state index in [-0.39, 0.29) is 0 Å². The maximum Gasteiger partial charge on any atom is 0.0851 e. The molecular formula is C18H15ClN2. The first kappa shape index (κ1) is 13.7. The molecule has 1 aromatic heterocycles. The van der Waals surface area contributed by atoms with Gasteiger partial charge in [0.1, 0.15) is 0 Å². The van der Waals surface area contributed by atoms with Crippen molar-refractivity contribution in [3.05, 3.63) is 88.7 Å². The van der Waals surface area contributed by atoms with Crippen LogP contribution in [0.2, 0.25) is 5.02 Å². The van der Waals surface area contributed by atoms with Crippen molar-refractivity contribution in [2.45, 2.75) is 6.54 Å². The van der Waals surface area contributed by atoms with E-state index in [2.05, 4.69) is 23.3 Å². The van der Waals surface area contributed by atoms with Crippen molar-refractivity contribution in [3.63, 3.8) is 0 Å². The summed E-state index contributed by atoms with van der Waals surface area (Å²) >= 11 is 5.89. The van der Waals surface area contributed by atoms with Crippen molar-refractivity contribution in [3.8, 4) is 0 Å². The molecule has 3 aromatic rings. The van der Waals surface area contributed by atoms with Crippen LogP contribution in [-0.4, -0.2) is 9.78 Å². The summed E-state index contributed by atoms with van der Waals surface area (Å²) in [6.07, 6.45) is 6.07. The Morgan fingerprint density at radius 2 is 1.67 bits per heavy atom. The van der Waals surface area contributed by atoms with E-state index in [0.717, 1.165) is 17.3 Å². The second-order valence-electron chi connectivity index (χ2n) is 4.81. The first-order chi connectivity index (χ1) is 10.3. The molecule has 0 spiro atoms. The zero-order valence-corrected chi connectivity index (χ0v) is 12.2. The zero-order chi connectivity index (χ0) is 14.5. The first-order valence-corrected chi connectivity index (χ1v) is 7.18. The molecule has 0 aliphatic heterocycles. The van der Waals surface area contributed by atoms with Gasteiger partial charge < -0.3 is 0 Å². The van der Waals surface area contributed by atoms with Gasteiger partial charge in [-0.3, -0.25) is 4.68 Å². The largest absolute Gasteiger partial charge is 0.268 e.